The van der Waals surface area contributed by atoms with Crippen molar-refractivity contribution in [3.05, 3.63) is 95.3 Å². The summed E-state index contributed by atoms with van der Waals surface area (Å²) in [4.78, 5) is 42.7. The molecular weight excluding hydrogens is 560 g/mol. The molecule has 4 rings (SSSR count). The summed E-state index contributed by atoms with van der Waals surface area (Å²) >= 11 is 0. The highest BCUT2D eigenvalue weighted by Gasteiger charge is 2.12. The molecule has 0 aliphatic heterocycles. The zero-order valence-corrected chi connectivity index (χ0v) is 24.6. The number of rotatable bonds is 13. The lowest BCUT2D eigenvalue weighted by Gasteiger charge is -2.07. The summed E-state index contributed by atoms with van der Waals surface area (Å²) in [5, 5.41) is 20.8. The SMILES string of the molecule is CCCCOC(=O)c1ccc(O)c(N=Cc2cc(C=Nc3cc(C(=O)OCCCC)ccc3O)nc(-c3ccccc3)n2)c1. The highest BCUT2D eigenvalue weighted by Crippen LogP contribution is 2.29. The van der Waals surface area contributed by atoms with Gasteiger partial charge in [-0.2, -0.15) is 0 Å². The number of phenols is 2. The molecule has 10 nitrogen and oxygen atoms in total. The van der Waals surface area contributed by atoms with Crippen LogP contribution < -0.4 is 0 Å². The number of aliphatic imine (C=N–C) groups is 2. The van der Waals surface area contributed by atoms with Gasteiger partial charge in [-0.25, -0.2) is 19.6 Å². The van der Waals surface area contributed by atoms with Gasteiger partial charge < -0.3 is 19.7 Å². The van der Waals surface area contributed by atoms with Crippen molar-refractivity contribution in [1.29, 1.82) is 0 Å². The van der Waals surface area contributed by atoms with E-state index in [1.165, 1.54) is 48.8 Å². The van der Waals surface area contributed by atoms with E-state index < -0.39 is 11.9 Å². The van der Waals surface area contributed by atoms with Gasteiger partial charge in [0.1, 0.15) is 22.9 Å². The van der Waals surface area contributed by atoms with Crippen molar-refractivity contribution in [2.75, 3.05) is 13.2 Å². The summed E-state index contributed by atoms with van der Waals surface area (Å²) in [6, 6.07) is 19.6. The van der Waals surface area contributed by atoms with Crippen LogP contribution in [0.5, 0.6) is 11.5 Å². The van der Waals surface area contributed by atoms with Gasteiger partial charge in [0.2, 0.25) is 0 Å². The maximum atomic E-state index is 12.4. The molecule has 10 heteroatoms. The number of aromatic hydroxyl groups is 2. The fraction of sp³-hybridized carbons (Fsp3) is 0.235. The summed E-state index contributed by atoms with van der Waals surface area (Å²) in [7, 11) is 0. The Morgan fingerprint density at radius 3 is 1.64 bits per heavy atom. The first-order valence-electron chi connectivity index (χ1n) is 14.4. The number of hydrogen-bond donors (Lipinski definition) is 2. The van der Waals surface area contributed by atoms with Crippen LogP contribution in [0, 0.1) is 0 Å². The van der Waals surface area contributed by atoms with Gasteiger partial charge in [-0.15, -0.1) is 0 Å². The zero-order chi connectivity index (χ0) is 31.3. The van der Waals surface area contributed by atoms with Crippen LogP contribution in [-0.2, 0) is 9.47 Å². The van der Waals surface area contributed by atoms with E-state index in [0.717, 1.165) is 31.2 Å². The fourth-order valence-electron chi connectivity index (χ4n) is 3.90. The quantitative estimate of drug-likeness (QED) is 0.0959. The first kappa shape index (κ1) is 31.6. The summed E-state index contributed by atoms with van der Waals surface area (Å²) in [5.74, 6) is -0.833. The van der Waals surface area contributed by atoms with Crippen molar-refractivity contribution in [3.8, 4) is 22.9 Å². The number of phenolic OH excluding ortho intramolecular Hbond substituents is 2. The second-order valence-electron chi connectivity index (χ2n) is 9.81. The minimum absolute atomic E-state index is 0.117. The molecule has 0 bridgehead atoms. The Hall–Kier alpha value is -5.38. The van der Waals surface area contributed by atoms with Crippen LogP contribution in [-0.4, -0.2) is 57.8 Å². The first-order valence-corrected chi connectivity index (χ1v) is 14.4. The molecule has 0 saturated carbocycles. The predicted octanol–water partition coefficient (Wildman–Crippen LogP) is 6.97. The smallest absolute Gasteiger partial charge is 0.338 e. The topological polar surface area (TPSA) is 144 Å². The number of unbranched alkanes of at least 4 members (excludes halogenated alkanes) is 2. The Morgan fingerprint density at radius 2 is 1.18 bits per heavy atom. The van der Waals surface area contributed by atoms with Gasteiger partial charge in [0.05, 0.1) is 48.2 Å². The first-order chi connectivity index (χ1) is 21.4. The largest absolute Gasteiger partial charge is 0.506 e. The maximum absolute atomic E-state index is 12.4. The molecule has 0 amide bonds. The minimum atomic E-state index is -0.497. The number of nitrogens with zero attached hydrogens (tertiary/aromatic N) is 4. The molecule has 0 radical (unpaired) electrons. The Balaban J connectivity index is 1.64. The highest BCUT2D eigenvalue weighted by molar-refractivity contribution is 5.93. The molecule has 1 aromatic heterocycles. The molecule has 0 unspecified atom stereocenters. The number of aromatic nitrogens is 2. The number of esters is 2. The van der Waals surface area contributed by atoms with Crippen molar-refractivity contribution in [2.24, 2.45) is 9.98 Å². The molecule has 3 aromatic carbocycles. The predicted molar refractivity (Wildman–Crippen MR) is 169 cm³/mol. The molecular formula is C34H34N4O6. The van der Waals surface area contributed by atoms with Crippen molar-refractivity contribution in [1.82, 2.24) is 9.97 Å². The molecule has 4 aromatic rings. The number of carbonyl (C=O) groups excluding carboxylic acids is 2. The molecule has 0 aliphatic carbocycles. The number of hydrogen-bond acceptors (Lipinski definition) is 10. The maximum Gasteiger partial charge on any atom is 0.338 e. The third-order valence-electron chi connectivity index (χ3n) is 6.35. The molecule has 2 N–H and O–H groups in total. The summed E-state index contributed by atoms with van der Waals surface area (Å²) < 4.78 is 10.5. The molecule has 226 valence electrons. The summed E-state index contributed by atoms with van der Waals surface area (Å²) in [6.45, 7) is 4.63. The molecule has 0 saturated heterocycles. The second kappa shape index (κ2) is 15.7. The van der Waals surface area contributed by atoms with Gasteiger partial charge in [-0.1, -0.05) is 57.0 Å². The number of ether oxygens (including phenoxy) is 2. The lowest BCUT2D eigenvalue weighted by Crippen LogP contribution is -2.06. The average molecular weight is 595 g/mol. The van der Waals surface area contributed by atoms with Gasteiger partial charge >= 0.3 is 11.9 Å². The molecule has 0 fully saturated rings. The van der Waals surface area contributed by atoms with Gasteiger partial charge in [0.25, 0.3) is 0 Å². The van der Waals surface area contributed by atoms with E-state index in [-0.39, 0.29) is 34.0 Å². The standard InChI is InChI=1S/C34H34N4O6/c1-3-5-16-43-33(41)24-12-14-30(39)28(18-24)35-21-26-20-27(38-32(37-26)23-10-8-7-9-11-23)22-36-29-19-25(13-15-31(29)40)34(42)44-17-6-4-2/h7-15,18-22,39-40H,3-6,16-17H2,1-2H3. The Labute approximate surface area is 255 Å². The number of carbonyl (C=O) groups is 2. The van der Waals surface area contributed by atoms with Crippen LogP contribution in [0.4, 0.5) is 11.4 Å². The van der Waals surface area contributed by atoms with Crippen molar-refractivity contribution < 1.29 is 29.3 Å². The van der Waals surface area contributed by atoms with E-state index in [9.17, 15) is 19.8 Å². The van der Waals surface area contributed by atoms with Gasteiger partial charge in [-0.3, -0.25) is 9.98 Å². The fourth-order valence-corrected chi connectivity index (χ4v) is 3.90. The van der Waals surface area contributed by atoms with Crippen molar-refractivity contribution in [2.45, 2.75) is 39.5 Å². The van der Waals surface area contributed by atoms with Crippen molar-refractivity contribution in [3.63, 3.8) is 0 Å². The lowest BCUT2D eigenvalue weighted by atomic mass is 10.2. The second-order valence-corrected chi connectivity index (χ2v) is 9.81. The summed E-state index contributed by atoms with van der Waals surface area (Å²) in [6.07, 6.45) is 6.20. The molecule has 1 heterocycles. The van der Waals surface area contributed by atoms with Gasteiger partial charge in [-0.05, 0) is 55.3 Å². The van der Waals surface area contributed by atoms with E-state index in [1.54, 1.807) is 6.07 Å². The Kier molecular flexibility index (Phi) is 11.3. The third kappa shape index (κ3) is 8.81. The Morgan fingerprint density at radius 1 is 0.705 bits per heavy atom. The zero-order valence-electron chi connectivity index (χ0n) is 24.6. The van der Waals surface area contributed by atoms with Crippen molar-refractivity contribution >= 4 is 35.7 Å². The normalized spacial score (nSPS) is 11.2. The van der Waals surface area contributed by atoms with E-state index in [0.29, 0.717) is 30.4 Å². The summed E-state index contributed by atoms with van der Waals surface area (Å²) in [5.41, 5.74) is 2.40. The lowest BCUT2D eigenvalue weighted by molar-refractivity contribution is 0.0490. The molecule has 0 atom stereocenters. The Bertz CT molecular complexity index is 1550. The van der Waals surface area contributed by atoms with E-state index in [2.05, 4.69) is 20.0 Å². The average Bonchev–Trinajstić information content (AvgIpc) is 3.04. The number of benzene rings is 3. The van der Waals surface area contributed by atoms with Crippen LogP contribution in [0.1, 0.15) is 71.6 Å². The van der Waals surface area contributed by atoms with Crippen LogP contribution >= 0.6 is 0 Å². The van der Waals surface area contributed by atoms with Gasteiger partial charge in [0, 0.05) is 5.56 Å². The molecule has 0 spiro atoms. The molecule has 44 heavy (non-hydrogen) atoms. The van der Waals surface area contributed by atoms with E-state index in [4.69, 9.17) is 9.47 Å². The van der Waals surface area contributed by atoms with Crippen LogP contribution in [0.3, 0.4) is 0 Å². The molecule has 0 aliphatic rings. The van der Waals surface area contributed by atoms with Crippen LogP contribution in [0.15, 0.2) is 82.8 Å². The monoisotopic (exact) mass is 594 g/mol. The highest BCUT2D eigenvalue weighted by atomic mass is 16.5. The van der Waals surface area contributed by atoms with E-state index in [1.807, 2.05) is 44.2 Å². The van der Waals surface area contributed by atoms with Gasteiger partial charge in [0.15, 0.2) is 5.82 Å². The van der Waals surface area contributed by atoms with Crippen LogP contribution in [0.2, 0.25) is 0 Å². The van der Waals surface area contributed by atoms with E-state index >= 15 is 0 Å². The minimum Gasteiger partial charge on any atom is -0.506 e. The van der Waals surface area contributed by atoms with Crippen LogP contribution in [0.25, 0.3) is 11.4 Å². The third-order valence-corrected chi connectivity index (χ3v) is 6.35.